The summed E-state index contributed by atoms with van der Waals surface area (Å²) in [6, 6.07) is 0. The summed E-state index contributed by atoms with van der Waals surface area (Å²) < 4.78 is 0. The number of hydrogen-bond donors (Lipinski definition) is 3. The molecule has 0 aliphatic rings. The number of rotatable bonds is 9. The summed E-state index contributed by atoms with van der Waals surface area (Å²) in [7, 11) is 0. The molecule has 0 saturated carbocycles. The van der Waals surface area contributed by atoms with Gasteiger partial charge in [0.25, 0.3) is 0 Å². The number of unbranched alkanes of at least 4 members (excludes halogenated alkanes) is 2. The van der Waals surface area contributed by atoms with Gasteiger partial charge in [0.1, 0.15) is 5.82 Å². The molecule has 21 heavy (non-hydrogen) atoms. The van der Waals surface area contributed by atoms with Gasteiger partial charge < -0.3 is 22.1 Å². The summed E-state index contributed by atoms with van der Waals surface area (Å²) in [5, 5.41) is 0. The van der Waals surface area contributed by atoms with Gasteiger partial charge in [0.15, 0.2) is 0 Å². The van der Waals surface area contributed by atoms with Crippen molar-refractivity contribution >= 4 is 23.3 Å². The van der Waals surface area contributed by atoms with E-state index in [1.165, 1.54) is 12.8 Å². The van der Waals surface area contributed by atoms with Crippen LogP contribution in [-0.4, -0.2) is 24.6 Å². The van der Waals surface area contributed by atoms with Gasteiger partial charge in [0, 0.05) is 24.3 Å². The predicted octanol–water partition coefficient (Wildman–Crippen LogP) is 2.54. The normalized spacial score (nSPS) is 10.6. The van der Waals surface area contributed by atoms with Crippen LogP contribution in [0.4, 0.5) is 17.2 Å². The Balaban J connectivity index is 3.17. The van der Waals surface area contributed by atoms with Crippen molar-refractivity contribution in [1.29, 1.82) is 0 Å². The van der Waals surface area contributed by atoms with Gasteiger partial charge in [-0.25, -0.2) is 4.98 Å². The highest BCUT2D eigenvalue weighted by molar-refractivity contribution is 5.85. The van der Waals surface area contributed by atoms with Gasteiger partial charge in [0.2, 0.25) is 0 Å². The van der Waals surface area contributed by atoms with Crippen molar-refractivity contribution in [3.8, 4) is 0 Å². The van der Waals surface area contributed by atoms with Crippen molar-refractivity contribution in [3.63, 3.8) is 0 Å². The summed E-state index contributed by atoms with van der Waals surface area (Å²) in [6.45, 7) is 10.5. The SMILES string of the molecule is C=Cc1c(C)nc(N)c(N)c1N(CCCN)CCCCC. The average molecular weight is 291 g/mol. The third kappa shape index (κ3) is 4.36. The number of nitrogens with zero attached hydrogens (tertiary/aromatic N) is 2. The maximum atomic E-state index is 6.20. The number of nitrogens with two attached hydrogens (primary N) is 3. The summed E-state index contributed by atoms with van der Waals surface area (Å²) in [4.78, 5) is 6.57. The molecule has 0 atom stereocenters. The Morgan fingerprint density at radius 2 is 1.86 bits per heavy atom. The molecule has 0 radical (unpaired) electrons. The number of aromatic nitrogens is 1. The van der Waals surface area contributed by atoms with Crippen LogP contribution in [-0.2, 0) is 0 Å². The molecule has 0 aromatic carbocycles. The minimum atomic E-state index is 0.390. The van der Waals surface area contributed by atoms with Gasteiger partial charge in [-0.2, -0.15) is 0 Å². The number of hydrogen-bond acceptors (Lipinski definition) is 5. The number of anilines is 3. The molecule has 0 aliphatic heterocycles. The summed E-state index contributed by atoms with van der Waals surface area (Å²) in [5.41, 5.74) is 21.1. The van der Waals surface area contributed by atoms with Crippen LogP contribution in [0.3, 0.4) is 0 Å². The van der Waals surface area contributed by atoms with E-state index in [0.29, 0.717) is 18.1 Å². The van der Waals surface area contributed by atoms with Gasteiger partial charge in [-0.15, -0.1) is 0 Å². The molecule has 0 saturated heterocycles. The van der Waals surface area contributed by atoms with E-state index in [0.717, 1.165) is 42.9 Å². The zero-order valence-corrected chi connectivity index (χ0v) is 13.4. The van der Waals surface area contributed by atoms with E-state index in [4.69, 9.17) is 17.2 Å². The number of nitrogen functional groups attached to an aromatic ring is 2. The van der Waals surface area contributed by atoms with Gasteiger partial charge in [-0.05, 0) is 26.3 Å². The molecule has 0 bridgehead atoms. The molecule has 1 rings (SSSR count). The first-order chi connectivity index (χ1) is 10.1. The smallest absolute Gasteiger partial charge is 0.149 e. The van der Waals surface area contributed by atoms with E-state index in [2.05, 4.69) is 23.4 Å². The lowest BCUT2D eigenvalue weighted by molar-refractivity contribution is 0.660. The molecule has 5 nitrogen and oxygen atoms in total. The predicted molar refractivity (Wildman–Crippen MR) is 93.3 cm³/mol. The molecular formula is C16H29N5. The van der Waals surface area contributed by atoms with Crippen LogP contribution >= 0.6 is 0 Å². The van der Waals surface area contributed by atoms with Crippen LogP contribution in [0.25, 0.3) is 6.08 Å². The van der Waals surface area contributed by atoms with Crippen LogP contribution in [0.2, 0.25) is 0 Å². The maximum Gasteiger partial charge on any atom is 0.149 e. The average Bonchev–Trinajstić information content (AvgIpc) is 2.46. The monoisotopic (exact) mass is 291 g/mol. The van der Waals surface area contributed by atoms with Gasteiger partial charge in [-0.3, -0.25) is 0 Å². The van der Waals surface area contributed by atoms with Crippen molar-refractivity contribution < 1.29 is 0 Å². The van der Waals surface area contributed by atoms with E-state index < -0.39 is 0 Å². The molecule has 118 valence electrons. The fourth-order valence-corrected chi connectivity index (χ4v) is 2.49. The molecule has 6 N–H and O–H groups in total. The van der Waals surface area contributed by atoms with E-state index in [-0.39, 0.29) is 0 Å². The number of aryl methyl sites for hydroxylation is 1. The van der Waals surface area contributed by atoms with Crippen LogP contribution < -0.4 is 22.1 Å². The lowest BCUT2D eigenvalue weighted by Gasteiger charge is -2.29. The fourth-order valence-electron chi connectivity index (χ4n) is 2.49. The third-order valence-corrected chi connectivity index (χ3v) is 3.65. The highest BCUT2D eigenvalue weighted by atomic mass is 15.1. The zero-order chi connectivity index (χ0) is 15.8. The highest BCUT2D eigenvalue weighted by Crippen LogP contribution is 2.34. The van der Waals surface area contributed by atoms with Crippen molar-refractivity contribution in [2.45, 2.75) is 39.5 Å². The Bertz CT molecular complexity index is 470. The van der Waals surface area contributed by atoms with Gasteiger partial charge >= 0.3 is 0 Å². The van der Waals surface area contributed by atoms with Crippen LogP contribution in [0.15, 0.2) is 6.58 Å². The second-order valence-electron chi connectivity index (χ2n) is 5.30. The van der Waals surface area contributed by atoms with E-state index in [9.17, 15) is 0 Å². The second kappa shape index (κ2) is 8.52. The first kappa shape index (κ1) is 17.3. The number of pyridine rings is 1. The fraction of sp³-hybridized carbons (Fsp3) is 0.562. The first-order valence-electron chi connectivity index (χ1n) is 7.69. The standard InChI is InChI=1S/C16H29N5/c1-4-6-7-10-21(11-8-9-17)15-13(5-2)12(3)20-16(19)14(15)18/h5H,2,4,6-11,17-18H2,1,3H3,(H2,19,20). The lowest BCUT2D eigenvalue weighted by atomic mass is 10.1. The molecule has 0 fully saturated rings. The Hall–Kier alpha value is -1.75. The molecule has 1 aromatic rings. The molecule has 0 spiro atoms. The van der Waals surface area contributed by atoms with Gasteiger partial charge in [-0.1, -0.05) is 32.4 Å². The molecule has 0 unspecified atom stereocenters. The van der Waals surface area contributed by atoms with Crippen molar-refractivity contribution in [3.05, 3.63) is 17.8 Å². The Morgan fingerprint density at radius 1 is 1.19 bits per heavy atom. The maximum absolute atomic E-state index is 6.20. The van der Waals surface area contributed by atoms with E-state index in [1.54, 1.807) is 0 Å². The molecular weight excluding hydrogens is 262 g/mol. The van der Waals surface area contributed by atoms with Crippen molar-refractivity contribution in [1.82, 2.24) is 4.98 Å². The minimum absolute atomic E-state index is 0.390. The quantitative estimate of drug-likeness (QED) is 0.608. The van der Waals surface area contributed by atoms with E-state index in [1.807, 2.05) is 13.0 Å². The zero-order valence-electron chi connectivity index (χ0n) is 13.4. The molecule has 0 amide bonds. The second-order valence-corrected chi connectivity index (χ2v) is 5.30. The Kier molecular flexibility index (Phi) is 7.02. The summed E-state index contributed by atoms with van der Waals surface area (Å²) in [6.07, 6.45) is 6.23. The van der Waals surface area contributed by atoms with Gasteiger partial charge in [0.05, 0.1) is 11.4 Å². The molecule has 1 aromatic heterocycles. The topological polar surface area (TPSA) is 94.2 Å². The van der Waals surface area contributed by atoms with Crippen molar-refractivity contribution in [2.24, 2.45) is 5.73 Å². The Labute approximate surface area is 128 Å². The van der Waals surface area contributed by atoms with E-state index >= 15 is 0 Å². The third-order valence-electron chi connectivity index (χ3n) is 3.65. The van der Waals surface area contributed by atoms with Crippen LogP contribution in [0.5, 0.6) is 0 Å². The van der Waals surface area contributed by atoms with Crippen LogP contribution in [0.1, 0.15) is 43.9 Å². The summed E-state index contributed by atoms with van der Waals surface area (Å²) >= 11 is 0. The highest BCUT2D eigenvalue weighted by Gasteiger charge is 2.18. The minimum Gasteiger partial charge on any atom is -0.394 e. The molecule has 0 aliphatic carbocycles. The Morgan fingerprint density at radius 3 is 2.43 bits per heavy atom. The molecule has 5 heteroatoms. The van der Waals surface area contributed by atoms with Crippen molar-refractivity contribution in [2.75, 3.05) is 36.0 Å². The summed E-state index contributed by atoms with van der Waals surface area (Å²) in [5.74, 6) is 0.390. The first-order valence-corrected chi connectivity index (χ1v) is 7.69. The lowest BCUT2D eigenvalue weighted by Crippen LogP contribution is -2.29. The molecule has 1 heterocycles. The largest absolute Gasteiger partial charge is 0.394 e. The van der Waals surface area contributed by atoms with Crippen LogP contribution in [0, 0.1) is 6.92 Å².